The number of anilines is 2. The molecule has 0 saturated carbocycles. The second-order valence-electron chi connectivity index (χ2n) is 10.5. The van der Waals surface area contributed by atoms with Crippen molar-refractivity contribution in [3.8, 4) is 0 Å². The van der Waals surface area contributed by atoms with Crippen LogP contribution in [0.15, 0.2) is 95.5 Å². The fraction of sp³-hybridized carbons (Fsp3) is 0.171. The molecule has 0 fully saturated rings. The smallest absolute Gasteiger partial charge is 0.341 e. The molecule has 0 bridgehead atoms. The predicted molar refractivity (Wildman–Crippen MR) is 183 cm³/mol. The van der Waals surface area contributed by atoms with Crippen molar-refractivity contribution < 1.29 is 28.7 Å². The molecule has 3 aromatic carbocycles. The van der Waals surface area contributed by atoms with E-state index in [1.807, 2.05) is 36.4 Å². The van der Waals surface area contributed by atoms with E-state index in [9.17, 15) is 24.0 Å². The van der Waals surface area contributed by atoms with Gasteiger partial charge in [0.05, 0.1) is 25.0 Å². The number of thioether (sulfide) groups is 1. The van der Waals surface area contributed by atoms with Crippen molar-refractivity contribution in [3.63, 3.8) is 0 Å². The van der Waals surface area contributed by atoms with E-state index < -0.39 is 17.8 Å². The maximum atomic E-state index is 13.4. The molecule has 4 amide bonds. The third-order valence-corrected chi connectivity index (χ3v) is 9.37. The molecule has 5 rings (SSSR count). The lowest BCUT2D eigenvalue weighted by atomic mass is 10.0. The Labute approximate surface area is 280 Å². The second kappa shape index (κ2) is 15.4. The highest BCUT2D eigenvalue weighted by molar-refractivity contribution is 8.00. The van der Waals surface area contributed by atoms with Crippen LogP contribution >= 0.6 is 23.1 Å². The Morgan fingerprint density at radius 2 is 1.66 bits per heavy atom. The van der Waals surface area contributed by atoms with Crippen molar-refractivity contribution in [2.24, 2.45) is 0 Å². The molecular weight excluding hydrogens is 637 g/mol. The number of carbonyl (C=O) groups is 5. The number of benzene rings is 3. The summed E-state index contributed by atoms with van der Waals surface area (Å²) in [6, 6.07) is 24.8. The minimum absolute atomic E-state index is 0.0342. The molecule has 0 unspecified atom stereocenters. The molecule has 1 aliphatic rings. The molecule has 12 heteroatoms. The number of esters is 1. The van der Waals surface area contributed by atoms with E-state index in [0.29, 0.717) is 41.3 Å². The number of rotatable bonds is 10. The van der Waals surface area contributed by atoms with Crippen molar-refractivity contribution in [1.29, 1.82) is 0 Å². The van der Waals surface area contributed by atoms with Crippen LogP contribution in [0.1, 0.15) is 43.6 Å². The van der Waals surface area contributed by atoms with Gasteiger partial charge in [-0.15, -0.1) is 23.1 Å². The molecule has 1 aromatic heterocycles. The quantitative estimate of drug-likeness (QED) is 0.114. The van der Waals surface area contributed by atoms with Crippen LogP contribution in [0, 0.1) is 0 Å². The summed E-state index contributed by atoms with van der Waals surface area (Å²) in [5.74, 6) is -1.81. The van der Waals surface area contributed by atoms with Gasteiger partial charge in [0.2, 0.25) is 11.8 Å². The van der Waals surface area contributed by atoms with Crippen LogP contribution in [0.5, 0.6) is 0 Å². The number of nitrogens with zero attached hydrogens (tertiary/aromatic N) is 1. The Kier molecular flexibility index (Phi) is 10.9. The van der Waals surface area contributed by atoms with E-state index in [-0.39, 0.29) is 23.3 Å². The molecular formula is C35H32N4O6S2. The van der Waals surface area contributed by atoms with Crippen LogP contribution in [0.2, 0.25) is 0 Å². The van der Waals surface area contributed by atoms with Gasteiger partial charge in [-0.25, -0.2) is 4.79 Å². The molecule has 2 heterocycles. The molecule has 10 nitrogen and oxygen atoms in total. The molecule has 0 aliphatic carbocycles. The van der Waals surface area contributed by atoms with E-state index >= 15 is 0 Å². The van der Waals surface area contributed by atoms with Crippen LogP contribution in [0.3, 0.4) is 0 Å². The van der Waals surface area contributed by atoms with Crippen molar-refractivity contribution >= 4 is 69.5 Å². The van der Waals surface area contributed by atoms with Gasteiger partial charge in [0.15, 0.2) is 0 Å². The predicted octanol–water partition coefficient (Wildman–Crippen LogP) is 5.58. The molecule has 1 aliphatic heterocycles. The maximum Gasteiger partial charge on any atom is 0.341 e. The first-order valence-corrected chi connectivity index (χ1v) is 16.5. The molecule has 3 N–H and O–H groups in total. The van der Waals surface area contributed by atoms with Crippen LogP contribution in [-0.4, -0.2) is 53.9 Å². The summed E-state index contributed by atoms with van der Waals surface area (Å²) in [6.07, 6.45) is 2.10. The van der Waals surface area contributed by atoms with Crippen LogP contribution in [0.4, 0.5) is 10.7 Å². The Morgan fingerprint density at radius 3 is 2.36 bits per heavy atom. The lowest BCUT2D eigenvalue weighted by Crippen LogP contribution is -2.33. The highest BCUT2D eigenvalue weighted by atomic mass is 32.2. The Bertz CT molecular complexity index is 1840. The summed E-state index contributed by atoms with van der Waals surface area (Å²) in [5.41, 5.74) is 2.81. The zero-order chi connectivity index (χ0) is 33.3. The molecule has 47 heavy (non-hydrogen) atoms. The Hall–Kier alpha value is -5.20. The largest absolute Gasteiger partial charge is 0.465 e. The number of fused-ring (bicyclic) bond motifs is 1. The van der Waals surface area contributed by atoms with E-state index in [4.69, 9.17) is 4.74 Å². The third kappa shape index (κ3) is 8.54. The number of methoxy groups -OCH3 is 1. The van der Waals surface area contributed by atoms with Gasteiger partial charge in [-0.2, -0.15) is 0 Å². The van der Waals surface area contributed by atoms with Crippen LogP contribution < -0.4 is 16.0 Å². The molecule has 0 spiro atoms. The summed E-state index contributed by atoms with van der Waals surface area (Å²) >= 11 is 2.53. The summed E-state index contributed by atoms with van der Waals surface area (Å²) in [6.45, 7) is 2.37. The molecule has 0 radical (unpaired) electrons. The first-order chi connectivity index (χ1) is 22.7. The number of carbonyl (C=O) groups excluding carboxylic acids is 5. The van der Waals surface area contributed by atoms with Gasteiger partial charge < -0.3 is 25.6 Å². The number of amides is 4. The van der Waals surface area contributed by atoms with Crippen molar-refractivity contribution in [3.05, 3.63) is 118 Å². The van der Waals surface area contributed by atoms with Crippen molar-refractivity contribution in [2.75, 3.05) is 30.0 Å². The average Bonchev–Trinajstić information content (AvgIpc) is 3.44. The fourth-order valence-corrected chi connectivity index (χ4v) is 6.93. The summed E-state index contributed by atoms with van der Waals surface area (Å²) in [4.78, 5) is 67.1. The lowest BCUT2D eigenvalue weighted by Gasteiger charge is -2.25. The summed E-state index contributed by atoms with van der Waals surface area (Å²) < 4.78 is 4.99. The number of thiophene rings is 1. The van der Waals surface area contributed by atoms with Gasteiger partial charge in [0, 0.05) is 34.5 Å². The highest BCUT2D eigenvalue weighted by Gasteiger charge is 2.30. The zero-order valence-electron chi connectivity index (χ0n) is 25.7. The van der Waals surface area contributed by atoms with Gasteiger partial charge >= 0.3 is 5.97 Å². The topological polar surface area (TPSA) is 134 Å². The van der Waals surface area contributed by atoms with Gasteiger partial charge in [-0.05, 0) is 54.0 Å². The standard InChI is InChI=1S/C35H32N4O6S2/c1-22(40)39-17-16-27-29(20-39)47-34(31(27)35(44)45-2)38-30(41)21-46-26-15-9-14-25(19-26)36-33(43)28(18-23-10-5-3-6-11-23)37-32(42)24-12-7-4-8-13-24/h3-15,18-19H,16-17,20-21H2,1-2H3,(H,36,43)(H,37,42)(H,38,41)/b28-18-. The summed E-state index contributed by atoms with van der Waals surface area (Å²) in [7, 11) is 1.29. The van der Waals surface area contributed by atoms with Gasteiger partial charge in [-0.3, -0.25) is 19.2 Å². The maximum absolute atomic E-state index is 13.4. The normalized spacial score (nSPS) is 12.5. The Balaban J connectivity index is 1.25. The highest BCUT2D eigenvalue weighted by Crippen LogP contribution is 2.38. The number of hydrogen-bond acceptors (Lipinski definition) is 8. The average molecular weight is 669 g/mol. The first kappa shape index (κ1) is 33.2. The van der Waals surface area contributed by atoms with Crippen molar-refractivity contribution in [1.82, 2.24) is 10.2 Å². The molecule has 240 valence electrons. The first-order valence-electron chi connectivity index (χ1n) is 14.7. The second-order valence-corrected chi connectivity index (χ2v) is 12.7. The SMILES string of the molecule is COC(=O)c1c(NC(=O)CSc2cccc(NC(=O)/C(=C/c3ccccc3)NC(=O)c3ccccc3)c2)sc2c1CCN(C(C)=O)C2. The van der Waals surface area contributed by atoms with Crippen LogP contribution in [0.25, 0.3) is 6.08 Å². The molecule has 0 saturated heterocycles. The van der Waals surface area contributed by atoms with E-state index in [1.54, 1.807) is 59.5 Å². The number of ether oxygens (including phenoxy) is 1. The Morgan fingerprint density at radius 1 is 0.936 bits per heavy atom. The number of nitrogens with one attached hydrogen (secondary N) is 3. The van der Waals surface area contributed by atoms with Crippen LogP contribution in [-0.2, 0) is 32.1 Å². The monoisotopic (exact) mass is 668 g/mol. The van der Waals surface area contributed by atoms with Gasteiger partial charge in [-0.1, -0.05) is 54.6 Å². The molecule has 0 atom stereocenters. The van der Waals surface area contributed by atoms with Gasteiger partial charge in [0.25, 0.3) is 11.8 Å². The van der Waals surface area contributed by atoms with Crippen molar-refractivity contribution in [2.45, 2.75) is 24.8 Å². The minimum atomic E-state index is -0.536. The zero-order valence-corrected chi connectivity index (χ0v) is 27.3. The number of hydrogen-bond donors (Lipinski definition) is 3. The fourth-order valence-electron chi connectivity index (χ4n) is 4.91. The van der Waals surface area contributed by atoms with E-state index in [1.165, 1.54) is 37.1 Å². The lowest BCUT2D eigenvalue weighted by molar-refractivity contribution is -0.129. The minimum Gasteiger partial charge on any atom is -0.465 e. The van der Waals surface area contributed by atoms with E-state index in [2.05, 4.69) is 16.0 Å². The molecule has 4 aromatic rings. The third-order valence-electron chi connectivity index (χ3n) is 7.25. The summed E-state index contributed by atoms with van der Waals surface area (Å²) in [5, 5.41) is 8.81. The van der Waals surface area contributed by atoms with E-state index in [0.717, 1.165) is 20.9 Å². The van der Waals surface area contributed by atoms with Gasteiger partial charge in [0.1, 0.15) is 10.7 Å².